The second-order valence-electron chi connectivity index (χ2n) is 12.9. The van der Waals surface area contributed by atoms with Crippen LogP contribution in [0.3, 0.4) is 0 Å². The second kappa shape index (κ2) is 19.9. The lowest BCUT2D eigenvalue weighted by molar-refractivity contribution is -0.156. The third-order valence-corrected chi connectivity index (χ3v) is 7.76. The molecule has 49 heavy (non-hydrogen) atoms. The first-order chi connectivity index (χ1) is 22.9. The van der Waals surface area contributed by atoms with Crippen molar-refractivity contribution in [2.24, 2.45) is 0 Å². The monoisotopic (exact) mass is 904 g/mol. The van der Waals surface area contributed by atoms with E-state index in [1.54, 1.807) is 24.3 Å². The van der Waals surface area contributed by atoms with Crippen molar-refractivity contribution in [3.05, 3.63) is 54.7 Å². The van der Waals surface area contributed by atoms with Crippen molar-refractivity contribution in [1.82, 2.24) is 0 Å². The molecule has 0 saturated carbocycles. The highest BCUT2D eigenvalue weighted by molar-refractivity contribution is 14.1. The number of hydrogen-bond acceptors (Lipinski definition) is 10. The molecule has 0 aliphatic carbocycles. The van der Waals surface area contributed by atoms with Crippen molar-refractivity contribution in [1.29, 1.82) is 0 Å². The highest BCUT2D eigenvalue weighted by atomic mass is 127. The number of rotatable bonds is 18. The fourth-order valence-corrected chi connectivity index (χ4v) is 5.75. The molecule has 0 spiro atoms. The van der Waals surface area contributed by atoms with Gasteiger partial charge in [0.25, 0.3) is 0 Å². The molecule has 0 atom stereocenters. The van der Waals surface area contributed by atoms with E-state index in [-0.39, 0.29) is 42.8 Å². The van der Waals surface area contributed by atoms with Gasteiger partial charge in [-0.1, -0.05) is 12.2 Å². The molecule has 12 heteroatoms. The Labute approximate surface area is 316 Å². The van der Waals surface area contributed by atoms with E-state index >= 15 is 0 Å². The van der Waals surface area contributed by atoms with Crippen molar-refractivity contribution in [3.63, 3.8) is 0 Å². The summed E-state index contributed by atoms with van der Waals surface area (Å²) in [6, 6.07) is 7.14. The molecule has 2 aromatic carbocycles. The Bertz CT molecular complexity index is 1420. The van der Waals surface area contributed by atoms with Crippen LogP contribution < -0.4 is 18.9 Å². The van der Waals surface area contributed by atoms with Crippen LogP contribution in [0.15, 0.2) is 36.4 Å². The molecular weight excluding hydrogens is 858 g/mol. The molecule has 0 fully saturated rings. The smallest absolute Gasteiger partial charge is 0.306 e. The van der Waals surface area contributed by atoms with E-state index in [0.717, 1.165) is 7.14 Å². The standard InChI is InChI=1S/C37H46I2O10/c1-36(2,3)48-32(42)11-9-17-46-34-28(38)19-24(21-30(34)44-7)13-15-26(40)23-27(41)16-14-25-20-29(39)35(31(22-25)45-8)47-18-10-12-33(43)49-37(4,5)6/h13-16,19-22H,9-12,17-18,23H2,1-8H3/b15-13+,16-14+. The fourth-order valence-electron chi connectivity index (χ4n) is 4.19. The summed E-state index contributed by atoms with van der Waals surface area (Å²) in [6.45, 7) is 11.6. The predicted octanol–water partition coefficient (Wildman–Crippen LogP) is 8.17. The maximum absolute atomic E-state index is 12.6. The summed E-state index contributed by atoms with van der Waals surface area (Å²) in [5.74, 6) is 0.784. The molecule has 0 aromatic heterocycles. The average molecular weight is 905 g/mol. The number of hydrogen-bond donors (Lipinski definition) is 0. The van der Waals surface area contributed by atoms with Crippen LogP contribution in [0.2, 0.25) is 0 Å². The fraction of sp³-hybridized carbons (Fsp3) is 0.459. The minimum Gasteiger partial charge on any atom is -0.493 e. The van der Waals surface area contributed by atoms with Gasteiger partial charge in [0, 0.05) is 12.8 Å². The summed E-state index contributed by atoms with van der Waals surface area (Å²) < 4.78 is 35.0. The van der Waals surface area contributed by atoms with Gasteiger partial charge in [0.15, 0.2) is 34.6 Å². The molecule has 268 valence electrons. The number of carbonyl (C=O) groups excluding carboxylic acids is 4. The zero-order chi connectivity index (χ0) is 36.8. The minimum absolute atomic E-state index is 0.238. The number of allylic oxidation sites excluding steroid dienone is 2. The van der Waals surface area contributed by atoms with Crippen LogP contribution in [0.4, 0.5) is 0 Å². The Hall–Kier alpha value is -3.14. The van der Waals surface area contributed by atoms with Crippen molar-refractivity contribution in [3.8, 4) is 23.0 Å². The Morgan fingerprint density at radius 2 is 1.00 bits per heavy atom. The van der Waals surface area contributed by atoms with Gasteiger partial charge in [-0.15, -0.1) is 0 Å². The molecule has 0 radical (unpaired) electrons. The average Bonchev–Trinajstić information content (AvgIpc) is 2.98. The maximum Gasteiger partial charge on any atom is 0.306 e. The van der Waals surface area contributed by atoms with Crippen LogP contribution in [-0.4, -0.2) is 62.1 Å². The maximum atomic E-state index is 12.6. The highest BCUT2D eigenvalue weighted by Gasteiger charge is 2.18. The van der Waals surface area contributed by atoms with E-state index in [4.69, 9.17) is 28.4 Å². The van der Waals surface area contributed by atoms with E-state index < -0.39 is 11.2 Å². The molecule has 0 aliphatic rings. The summed E-state index contributed by atoms with van der Waals surface area (Å²) in [7, 11) is 3.05. The van der Waals surface area contributed by atoms with Gasteiger partial charge in [-0.05, 0) is 147 Å². The molecule has 0 N–H and O–H groups in total. The largest absolute Gasteiger partial charge is 0.493 e. The van der Waals surface area contributed by atoms with Crippen molar-refractivity contribution >= 4 is 80.8 Å². The molecule has 0 amide bonds. The Balaban J connectivity index is 1.94. The van der Waals surface area contributed by atoms with E-state index in [1.165, 1.54) is 26.4 Å². The number of esters is 2. The molecule has 2 aromatic rings. The van der Waals surface area contributed by atoms with Crippen LogP contribution in [0.25, 0.3) is 12.2 Å². The molecule has 0 saturated heterocycles. The lowest BCUT2D eigenvalue weighted by atomic mass is 10.1. The number of carbonyl (C=O) groups is 4. The SMILES string of the molecule is COc1cc(/C=C/C(=O)CC(=O)/C=C/c2cc(I)c(OCCCC(=O)OC(C)(C)C)c(OC)c2)cc(I)c1OCCCC(=O)OC(C)(C)C. The Morgan fingerprint density at radius 3 is 1.33 bits per heavy atom. The van der Waals surface area contributed by atoms with Crippen LogP contribution in [0, 0.1) is 7.14 Å². The van der Waals surface area contributed by atoms with Gasteiger partial charge >= 0.3 is 11.9 Å². The Morgan fingerprint density at radius 1 is 0.633 bits per heavy atom. The van der Waals surface area contributed by atoms with Gasteiger partial charge in [0.1, 0.15) is 11.2 Å². The van der Waals surface area contributed by atoms with E-state index in [2.05, 4.69) is 45.2 Å². The van der Waals surface area contributed by atoms with Gasteiger partial charge in [0.05, 0.1) is 41.0 Å². The zero-order valence-electron chi connectivity index (χ0n) is 29.4. The van der Waals surface area contributed by atoms with Crippen molar-refractivity contribution in [2.75, 3.05) is 27.4 Å². The first kappa shape index (κ1) is 42.0. The summed E-state index contributed by atoms with van der Waals surface area (Å²) in [5, 5.41) is 0. The summed E-state index contributed by atoms with van der Waals surface area (Å²) in [5.41, 5.74) is 0.341. The van der Waals surface area contributed by atoms with Gasteiger partial charge in [-0.2, -0.15) is 0 Å². The first-order valence-electron chi connectivity index (χ1n) is 15.8. The summed E-state index contributed by atoms with van der Waals surface area (Å²) >= 11 is 4.24. The third-order valence-electron chi connectivity index (χ3n) is 6.16. The van der Waals surface area contributed by atoms with E-state index in [9.17, 15) is 19.2 Å². The summed E-state index contributed by atoms with van der Waals surface area (Å²) in [6.07, 6.45) is 7.11. The van der Waals surface area contributed by atoms with Crippen molar-refractivity contribution < 1.29 is 47.6 Å². The number of ether oxygens (including phenoxy) is 6. The minimum atomic E-state index is -0.531. The normalized spacial score (nSPS) is 11.8. The highest BCUT2D eigenvalue weighted by Crippen LogP contribution is 2.36. The van der Waals surface area contributed by atoms with Crippen LogP contribution in [-0.2, 0) is 28.7 Å². The van der Waals surface area contributed by atoms with Crippen molar-refractivity contribution in [2.45, 2.75) is 84.8 Å². The number of benzene rings is 2. The van der Waals surface area contributed by atoms with Gasteiger partial charge in [0.2, 0.25) is 0 Å². The van der Waals surface area contributed by atoms with E-state index in [0.29, 0.717) is 60.2 Å². The van der Waals surface area contributed by atoms with Gasteiger partial charge in [-0.25, -0.2) is 0 Å². The Kier molecular flexibility index (Phi) is 17.1. The molecule has 10 nitrogen and oxygen atoms in total. The molecule has 2 rings (SSSR count). The van der Waals surface area contributed by atoms with Crippen LogP contribution in [0.1, 0.15) is 84.8 Å². The molecule has 0 aliphatic heterocycles. The van der Waals surface area contributed by atoms with Crippen LogP contribution in [0.5, 0.6) is 23.0 Å². The van der Waals surface area contributed by atoms with E-state index in [1.807, 2.05) is 53.7 Å². The quantitative estimate of drug-likeness (QED) is 0.0476. The molecule has 0 unspecified atom stereocenters. The third kappa shape index (κ3) is 16.4. The summed E-state index contributed by atoms with van der Waals surface area (Å²) in [4.78, 5) is 49.1. The second-order valence-corrected chi connectivity index (χ2v) is 15.2. The van der Waals surface area contributed by atoms with Gasteiger partial charge < -0.3 is 28.4 Å². The molecule has 0 bridgehead atoms. The first-order valence-corrected chi connectivity index (χ1v) is 17.9. The number of halogens is 2. The predicted molar refractivity (Wildman–Crippen MR) is 205 cm³/mol. The zero-order valence-corrected chi connectivity index (χ0v) is 33.7. The molecule has 0 heterocycles. The lowest BCUT2D eigenvalue weighted by Gasteiger charge is -2.19. The topological polar surface area (TPSA) is 124 Å². The molecular formula is C37H46I2O10. The lowest BCUT2D eigenvalue weighted by Crippen LogP contribution is -2.24. The van der Waals surface area contributed by atoms with Crippen LogP contribution >= 0.6 is 45.2 Å². The van der Waals surface area contributed by atoms with Gasteiger partial charge in [-0.3, -0.25) is 19.2 Å². The number of methoxy groups -OCH3 is 2. The number of ketones is 2.